The van der Waals surface area contributed by atoms with E-state index in [9.17, 15) is 30.0 Å². The Hall–Kier alpha value is -1.62. The predicted octanol–water partition coefficient (Wildman–Crippen LogP) is 2.80. The van der Waals surface area contributed by atoms with Crippen molar-refractivity contribution in [2.24, 2.45) is 52.3 Å². The van der Waals surface area contributed by atoms with Crippen molar-refractivity contribution in [2.75, 3.05) is 26.7 Å². The first kappa shape index (κ1) is 32.6. The number of rotatable bonds is 7. The van der Waals surface area contributed by atoms with Crippen LogP contribution in [0.4, 0.5) is 0 Å². The standard InChI is InChI=1S/C38H56N2O7/c1-22(2)23-5-6-27-29(42)7-11-34(21-41)30-8-12-33-9-4-10-35-26(20-40-14-13-39-3)16-24(32(33)28(35)17-31(43)47-35)18-37(33,45)36(30,44)19-25(15-23)38(27,34)46/h16-17,21-25,27,29-30,32,39-40,42,44-46H,4-15,18-20H2,1-3H3. The minimum atomic E-state index is -1.60. The van der Waals surface area contributed by atoms with Crippen LogP contribution in [0.25, 0.3) is 0 Å². The van der Waals surface area contributed by atoms with Gasteiger partial charge in [-0.3, -0.25) is 0 Å². The zero-order valence-corrected chi connectivity index (χ0v) is 28.5. The van der Waals surface area contributed by atoms with Gasteiger partial charge in [0.1, 0.15) is 11.9 Å². The number of esters is 1. The SMILES string of the molecule is CNCCNCC1=CC2CC3(O)C4(O)CC5CC(C(C)C)CCC6C(O)CCC(C=O)(C4CCC34CCCC13OC(=O)C=C3C24)C56O. The second-order valence-corrected chi connectivity index (χ2v) is 17.5. The maximum atomic E-state index is 13.7. The third-order valence-electron chi connectivity index (χ3n) is 15.9. The second-order valence-electron chi connectivity index (χ2n) is 17.5. The summed E-state index contributed by atoms with van der Waals surface area (Å²) in [5.41, 5.74) is -5.27. The number of hydrogen-bond donors (Lipinski definition) is 6. The van der Waals surface area contributed by atoms with Gasteiger partial charge in [-0.05, 0) is 125 Å². The summed E-state index contributed by atoms with van der Waals surface area (Å²) >= 11 is 0. The van der Waals surface area contributed by atoms with Crippen molar-refractivity contribution in [3.8, 4) is 0 Å². The van der Waals surface area contributed by atoms with Crippen molar-refractivity contribution in [3.05, 3.63) is 23.3 Å². The van der Waals surface area contributed by atoms with E-state index in [4.69, 9.17) is 4.74 Å². The Labute approximate surface area is 279 Å². The lowest BCUT2D eigenvalue weighted by Gasteiger charge is -2.71. The lowest BCUT2D eigenvalue weighted by atomic mass is 9.36. The summed E-state index contributed by atoms with van der Waals surface area (Å²) in [6, 6.07) is 0. The molecule has 1 heterocycles. The molecule has 47 heavy (non-hydrogen) atoms. The smallest absolute Gasteiger partial charge is 0.332 e. The van der Waals surface area contributed by atoms with Gasteiger partial charge in [0.15, 0.2) is 5.60 Å². The number of aliphatic hydroxyl groups is 4. The Morgan fingerprint density at radius 2 is 1.85 bits per heavy atom. The highest BCUT2D eigenvalue weighted by Crippen LogP contribution is 2.78. The Morgan fingerprint density at radius 1 is 1.04 bits per heavy atom. The van der Waals surface area contributed by atoms with Crippen LogP contribution in [0.1, 0.15) is 90.9 Å². The molecule has 6 fully saturated rings. The van der Waals surface area contributed by atoms with E-state index < -0.39 is 57.1 Å². The topological polar surface area (TPSA) is 148 Å². The van der Waals surface area contributed by atoms with Gasteiger partial charge in [-0.1, -0.05) is 19.9 Å². The molecule has 8 aliphatic rings. The quantitative estimate of drug-likeness (QED) is 0.106. The largest absolute Gasteiger partial charge is 0.447 e. The zero-order valence-electron chi connectivity index (χ0n) is 28.5. The van der Waals surface area contributed by atoms with Gasteiger partial charge in [-0.2, -0.15) is 0 Å². The molecule has 9 nitrogen and oxygen atoms in total. The molecule has 13 atom stereocenters. The van der Waals surface area contributed by atoms with Crippen LogP contribution in [-0.2, 0) is 14.3 Å². The van der Waals surface area contributed by atoms with Crippen LogP contribution in [0.2, 0.25) is 0 Å². The van der Waals surface area contributed by atoms with Crippen molar-refractivity contribution < 1.29 is 34.8 Å². The molecule has 0 radical (unpaired) electrons. The molecular weight excluding hydrogens is 596 g/mol. The van der Waals surface area contributed by atoms with Gasteiger partial charge in [-0.25, -0.2) is 4.79 Å². The van der Waals surface area contributed by atoms with Crippen molar-refractivity contribution in [1.82, 2.24) is 10.6 Å². The maximum absolute atomic E-state index is 13.7. The van der Waals surface area contributed by atoms with Crippen molar-refractivity contribution in [2.45, 2.75) is 119 Å². The first-order chi connectivity index (χ1) is 22.4. The molecule has 6 N–H and O–H groups in total. The highest BCUT2D eigenvalue weighted by atomic mass is 16.6. The molecule has 2 bridgehead atoms. The van der Waals surface area contributed by atoms with Gasteiger partial charge in [0.05, 0.1) is 22.7 Å². The molecule has 260 valence electrons. The van der Waals surface area contributed by atoms with Crippen LogP contribution in [0.15, 0.2) is 23.3 Å². The van der Waals surface area contributed by atoms with E-state index in [1.54, 1.807) is 6.08 Å². The fourth-order valence-electron chi connectivity index (χ4n) is 14.0. The van der Waals surface area contributed by atoms with Gasteiger partial charge in [0.2, 0.25) is 0 Å². The van der Waals surface area contributed by atoms with Crippen LogP contribution in [0.5, 0.6) is 0 Å². The summed E-state index contributed by atoms with van der Waals surface area (Å²) in [6.45, 7) is 6.56. The number of carbonyl (C=O) groups is 2. The summed E-state index contributed by atoms with van der Waals surface area (Å²) in [6.07, 6.45) is 11.0. The third kappa shape index (κ3) is 3.82. The zero-order chi connectivity index (χ0) is 33.2. The maximum Gasteiger partial charge on any atom is 0.332 e. The molecule has 1 spiro atoms. The number of ether oxygens (including phenoxy) is 1. The summed E-state index contributed by atoms with van der Waals surface area (Å²) in [4.78, 5) is 26.8. The van der Waals surface area contributed by atoms with Crippen LogP contribution >= 0.6 is 0 Å². The third-order valence-corrected chi connectivity index (χ3v) is 15.9. The molecule has 0 aromatic rings. The number of likely N-dealkylation sites (N-methyl/N-ethyl adjacent to an activating group) is 1. The molecule has 1 aliphatic heterocycles. The molecule has 7 aliphatic carbocycles. The predicted molar refractivity (Wildman–Crippen MR) is 175 cm³/mol. The van der Waals surface area contributed by atoms with E-state index >= 15 is 0 Å². The highest BCUT2D eigenvalue weighted by Gasteiger charge is 2.83. The minimum Gasteiger partial charge on any atom is -0.447 e. The fourth-order valence-corrected chi connectivity index (χ4v) is 14.0. The van der Waals surface area contributed by atoms with Crippen molar-refractivity contribution in [3.63, 3.8) is 0 Å². The number of aliphatic hydroxyl groups excluding tert-OH is 1. The molecular formula is C38H56N2O7. The van der Waals surface area contributed by atoms with Crippen molar-refractivity contribution >= 4 is 12.3 Å². The average molecular weight is 653 g/mol. The molecule has 6 saturated carbocycles. The lowest BCUT2D eigenvalue weighted by molar-refractivity contribution is -0.343. The van der Waals surface area contributed by atoms with Gasteiger partial charge >= 0.3 is 5.97 Å². The monoisotopic (exact) mass is 652 g/mol. The number of fused-ring (bicyclic) bond motifs is 3. The normalized spacial score (nSPS) is 52.6. The number of hydrogen-bond acceptors (Lipinski definition) is 9. The van der Waals surface area contributed by atoms with E-state index in [2.05, 4.69) is 30.6 Å². The van der Waals surface area contributed by atoms with Crippen molar-refractivity contribution in [1.29, 1.82) is 0 Å². The van der Waals surface area contributed by atoms with E-state index in [-0.39, 0.29) is 30.1 Å². The van der Waals surface area contributed by atoms with E-state index in [1.807, 2.05) is 7.05 Å². The summed E-state index contributed by atoms with van der Waals surface area (Å²) in [7, 11) is 1.92. The molecule has 9 heteroatoms. The first-order valence-corrected chi connectivity index (χ1v) is 18.7. The van der Waals surface area contributed by atoms with Gasteiger partial charge in [0, 0.05) is 43.0 Å². The first-order valence-electron chi connectivity index (χ1n) is 18.7. The Morgan fingerprint density at radius 3 is 2.60 bits per heavy atom. The van der Waals surface area contributed by atoms with Crippen LogP contribution in [0, 0.1) is 52.3 Å². The Balaban J connectivity index is 1.27. The molecule has 0 aromatic heterocycles. The number of aldehydes is 1. The molecule has 8 rings (SSSR count). The number of allylic oxidation sites excluding steroid dienone is 1. The van der Waals surface area contributed by atoms with Crippen LogP contribution in [-0.4, -0.2) is 87.9 Å². The summed E-state index contributed by atoms with van der Waals surface area (Å²) < 4.78 is 6.27. The number of carbonyl (C=O) groups excluding carboxylic acids is 2. The summed E-state index contributed by atoms with van der Waals surface area (Å²) in [5.74, 6) is -1.37. The van der Waals surface area contributed by atoms with Crippen LogP contribution in [0.3, 0.4) is 0 Å². The Kier molecular flexibility index (Phi) is 7.41. The second kappa shape index (κ2) is 10.7. The van der Waals surface area contributed by atoms with E-state index in [1.165, 1.54) is 0 Å². The molecule has 13 unspecified atom stereocenters. The van der Waals surface area contributed by atoms with Crippen LogP contribution < -0.4 is 10.6 Å². The highest BCUT2D eigenvalue weighted by molar-refractivity contribution is 5.88. The molecule has 0 aromatic carbocycles. The van der Waals surface area contributed by atoms with E-state index in [0.29, 0.717) is 70.3 Å². The molecule has 0 saturated heterocycles. The minimum absolute atomic E-state index is 0.0812. The summed E-state index contributed by atoms with van der Waals surface area (Å²) in [5, 5.41) is 58.3. The molecule has 0 amide bonds. The Bertz CT molecular complexity index is 1400. The van der Waals surface area contributed by atoms with Gasteiger partial charge in [0.25, 0.3) is 0 Å². The lowest BCUT2D eigenvalue weighted by Crippen LogP contribution is -2.80. The van der Waals surface area contributed by atoms with Gasteiger partial charge in [-0.15, -0.1) is 0 Å². The number of nitrogens with one attached hydrogen (secondary N) is 2. The average Bonchev–Trinajstić information content (AvgIpc) is 3.40. The fraction of sp³-hybridized carbons (Fsp3) is 0.842. The van der Waals surface area contributed by atoms with Gasteiger partial charge < -0.3 is 40.6 Å². The van der Waals surface area contributed by atoms with E-state index in [0.717, 1.165) is 43.4 Å².